The van der Waals surface area contributed by atoms with Crippen LogP contribution in [0.2, 0.25) is 0 Å². The predicted molar refractivity (Wildman–Crippen MR) is 91.6 cm³/mol. The summed E-state index contributed by atoms with van der Waals surface area (Å²) in [5.41, 5.74) is 14.3. The highest BCUT2D eigenvalue weighted by atomic mass is 16.5. The summed E-state index contributed by atoms with van der Waals surface area (Å²) in [5.74, 6) is 1.07. The van der Waals surface area contributed by atoms with E-state index < -0.39 is 0 Å². The lowest BCUT2D eigenvalue weighted by molar-refractivity contribution is 0.140. The first-order chi connectivity index (χ1) is 11.5. The molecule has 0 amide bonds. The fourth-order valence-electron chi connectivity index (χ4n) is 4.53. The van der Waals surface area contributed by atoms with Crippen molar-refractivity contribution in [1.82, 2.24) is 19.6 Å². The van der Waals surface area contributed by atoms with Crippen molar-refractivity contribution in [2.75, 3.05) is 5.73 Å². The van der Waals surface area contributed by atoms with Crippen LogP contribution in [0.15, 0.2) is 6.20 Å². The Morgan fingerprint density at radius 2 is 2.21 bits per heavy atom. The maximum atomic E-state index is 6.19. The predicted octanol–water partition coefficient (Wildman–Crippen LogP) is 1.94. The van der Waals surface area contributed by atoms with E-state index in [9.17, 15) is 0 Å². The number of rotatable bonds is 6. The monoisotopic (exact) mass is 330 g/mol. The number of aromatic nitrogens is 4. The molecule has 130 valence electrons. The van der Waals surface area contributed by atoms with E-state index in [1.165, 1.54) is 12.8 Å². The number of fused-ring (bicyclic) bond motifs is 2. The summed E-state index contributed by atoms with van der Waals surface area (Å²) in [6.07, 6.45) is 8.43. The van der Waals surface area contributed by atoms with Crippen LogP contribution in [0.1, 0.15) is 51.6 Å². The molecule has 7 nitrogen and oxygen atoms in total. The third-order valence-corrected chi connectivity index (χ3v) is 5.66. The number of ether oxygens (including phenoxy) is 1. The third-order valence-electron chi connectivity index (χ3n) is 5.66. The van der Waals surface area contributed by atoms with Crippen LogP contribution in [-0.2, 0) is 6.42 Å². The SMILES string of the molecule is CCC[C@H](C)Oc1nc(N)c2ncc(CC34CC(C3)[C@@H](N)C4)n2n1. The van der Waals surface area contributed by atoms with Crippen molar-refractivity contribution in [1.29, 1.82) is 0 Å². The van der Waals surface area contributed by atoms with Gasteiger partial charge in [0, 0.05) is 6.04 Å². The molecule has 7 heteroatoms. The Bertz CT molecular complexity index is 751. The number of nitrogens with two attached hydrogens (primary N) is 2. The van der Waals surface area contributed by atoms with E-state index in [1.54, 1.807) is 0 Å². The summed E-state index contributed by atoms with van der Waals surface area (Å²) >= 11 is 0. The van der Waals surface area contributed by atoms with Crippen LogP contribution in [0.5, 0.6) is 6.01 Å². The summed E-state index contributed by atoms with van der Waals surface area (Å²) in [6.45, 7) is 4.15. The molecule has 3 aliphatic carbocycles. The minimum Gasteiger partial charge on any atom is -0.459 e. The van der Waals surface area contributed by atoms with Gasteiger partial charge in [0.25, 0.3) is 0 Å². The molecule has 3 fully saturated rings. The molecular weight excluding hydrogens is 304 g/mol. The van der Waals surface area contributed by atoms with Gasteiger partial charge in [-0.3, -0.25) is 0 Å². The van der Waals surface area contributed by atoms with Crippen LogP contribution in [0.4, 0.5) is 5.82 Å². The normalized spacial score (nSPS) is 29.6. The van der Waals surface area contributed by atoms with Gasteiger partial charge >= 0.3 is 6.01 Å². The van der Waals surface area contributed by atoms with Crippen molar-refractivity contribution in [3.8, 4) is 6.01 Å². The van der Waals surface area contributed by atoms with E-state index >= 15 is 0 Å². The molecule has 0 spiro atoms. The van der Waals surface area contributed by atoms with Gasteiger partial charge in [-0.1, -0.05) is 13.3 Å². The fraction of sp³-hybridized carbons (Fsp3) is 0.706. The number of nitrogens with zero attached hydrogens (tertiary/aromatic N) is 4. The molecule has 2 aromatic rings. The second-order valence-electron chi connectivity index (χ2n) is 7.69. The highest BCUT2D eigenvalue weighted by molar-refractivity contribution is 5.59. The third kappa shape index (κ3) is 2.51. The first-order valence-corrected chi connectivity index (χ1v) is 8.92. The molecule has 2 atom stereocenters. The summed E-state index contributed by atoms with van der Waals surface area (Å²) in [4.78, 5) is 8.66. The Hall–Kier alpha value is -1.89. The van der Waals surface area contributed by atoms with Crippen LogP contribution < -0.4 is 16.2 Å². The average Bonchev–Trinajstić information content (AvgIpc) is 3.10. The summed E-state index contributed by atoms with van der Waals surface area (Å²) < 4.78 is 7.63. The highest BCUT2D eigenvalue weighted by Crippen LogP contribution is 2.59. The number of nitrogen functional groups attached to an aromatic ring is 1. The van der Waals surface area contributed by atoms with Crippen molar-refractivity contribution in [2.45, 2.75) is 64.5 Å². The number of hydrogen-bond acceptors (Lipinski definition) is 6. The largest absolute Gasteiger partial charge is 0.459 e. The van der Waals surface area contributed by atoms with Crippen LogP contribution in [0.25, 0.3) is 5.65 Å². The van der Waals surface area contributed by atoms with Crippen molar-refractivity contribution >= 4 is 11.5 Å². The Morgan fingerprint density at radius 3 is 2.88 bits per heavy atom. The maximum Gasteiger partial charge on any atom is 0.336 e. The lowest BCUT2D eigenvalue weighted by Crippen LogP contribution is -2.32. The zero-order valence-corrected chi connectivity index (χ0v) is 14.4. The molecule has 3 saturated carbocycles. The Morgan fingerprint density at radius 1 is 1.42 bits per heavy atom. The second kappa shape index (κ2) is 5.58. The van der Waals surface area contributed by atoms with Gasteiger partial charge < -0.3 is 16.2 Å². The summed E-state index contributed by atoms with van der Waals surface area (Å²) in [6, 6.07) is 0.685. The van der Waals surface area contributed by atoms with Gasteiger partial charge in [0.15, 0.2) is 11.5 Å². The summed E-state index contributed by atoms with van der Waals surface area (Å²) in [5, 5.41) is 4.54. The summed E-state index contributed by atoms with van der Waals surface area (Å²) in [7, 11) is 0. The molecule has 4 N–H and O–H groups in total. The van der Waals surface area contributed by atoms with Gasteiger partial charge in [-0.15, -0.1) is 5.10 Å². The van der Waals surface area contributed by atoms with E-state index in [1.807, 2.05) is 17.6 Å². The Kier molecular flexibility index (Phi) is 3.63. The van der Waals surface area contributed by atoms with Crippen molar-refractivity contribution in [3.05, 3.63) is 11.9 Å². The molecule has 5 rings (SSSR count). The molecule has 0 unspecified atom stereocenters. The fourth-order valence-corrected chi connectivity index (χ4v) is 4.53. The number of anilines is 1. The number of hydrogen-bond donors (Lipinski definition) is 2. The first-order valence-electron chi connectivity index (χ1n) is 8.92. The zero-order chi connectivity index (χ0) is 16.9. The molecule has 2 bridgehead atoms. The van der Waals surface area contributed by atoms with Gasteiger partial charge in [-0.25, -0.2) is 9.50 Å². The average molecular weight is 330 g/mol. The van der Waals surface area contributed by atoms with Crippen LogP contribution in [0.3, 0.4) is 0 Å². The van der Waals surface area contributed by atoms with Gasteiger partial charge in [0.2, 0.25) is 0 Å². The quantitative estimate of drug-likeness (QED) is 0.839. The first kappa shape index (κ1) is 15.6. The molecule has 0 radical (unpaired) electrons. The standard InChI is InChI=1S/C17H26N6O/c1-3-4-10(2)24-16-21-14(19)15-20-9-12(23(15)22-16)7-17-5-11(6-17)13(18)8-17/h9-11,13H,3-8,18H2,1-2H3,(H2,19,21,22)/t10-,11?,13-,17?/m0/s1. The number of imidazole rings is 1. The lowest BCUT2D eigenvalue weighted by Gasteiger charge is -2.38. The van der Waals surface area contributed by atoms with E-state index in [4.69, 9.17) is 16.2 Å². The van der Waals surface area contributed by atoms with Gasteiger partial charge in [0.05, 0.1) is 18.0 Å². The highest BCUT2D eigenvalue weighted by Gasteiger charge is 2.54. The van der Waals surface area contributed by atoms with Crippen molar-refractivity contribution < 1.29 is 4.74 Å². The minimum absolute atomic E-state index is 0.0673. The van der Waals surface area contributed by atoms with E-state index in [-0.39, 0.29) is 6.10 Å². The topological polar surface area (TPSA) is 104 Å². The molecule has 3 aliphatic rings. The van der Waals surface area contributed by atoms with E-state index in [0.717, 1.165) is 31.4 Å². The molecular formula is C17H26N6O. The minimum atomic E-state index is 0.0673. The van der Waals surface area contributed by atoms with Crippen LogP contribution in [0, 0.1) is 11.3 Å². The Balaban J connectivity index is 1.61. The smallest absolute Gasteiger partial charge is 0.336 e. The van der Waals surface area contributed by atoms with Gasteiger partial charge in [0.1, 0.15) is 0 Å². The molecule has 24 heavy (non-hydrogen) atoms. The Labute approximate surface area is 141 Å². The van der Waals surface area contributed by atoms with E-state index in [0.29, 0.717) is 34.9 Å². The maximum absolute atomic E-state index is 6.19. The van der Waals surface area contributed by atoms with Gasteiger partial charge in [-0.2, -0.15) is 4.98 Å². The molecule has 2 aromatic heterocycles. The zero-order valence-electron chi connectivity index (χ0n) is 14.4. The molecule has 0 aliphatic heterocycles. The van der Waals surface area contributed by atoms with E-state index in [2.05, 4.69) is 22.0 Å². The molecule has 0 aromatic carbocycles. The van der Waals surface area contributed by atoms with Crippen LogP contribution in [-0.4, -0.2) is 31.7 Å². The van der Waals surface area contributed by atoms with Crippen LogP contribution >= 0.6 is 0 Å². The molecule has 0 saturated heterocycles. The van der Waals surface area contributed by atoms with Crippen molar-refractivity contribution in [3.63, 3.8) is 0 Å². The van der Waals surface area contributed by atoms with Crippen molar-refractivity contribution in [2.24, 2.45) is 17.1 Å². The molecule has 2 heterocycles. The van der Waals surface area contributed by atoms with Gasteiger partial charge in [-0.05, 0) is 50.4 Å². The second-order valence-corrected chi connectivity index (χ2v) is 7.69. The lowest BCUT2D eigenvalue weighted by atomic mass is 9.67.